The van der Waals surface area contributed by atoms with Gasteiger partial charge in [0.1, 0.15) is 11.5 Å². The van der Waals surface area contributed by atoms with Crippen molar-refractivity contribution in [3.05, 3.63) is 59.4 Å². The van der Waals surface area contributed by atoms with E-state index in [1.165, 1.54) is 0 Å². The molecule has 0 saturated carbocycles. The zero-order valence-corrected chi connectivity index (χ0v) is 11.2. The monoisotopic (exact) mass is 294 g/mol. The van der Waals surface area contributed by atoms with Gasteiger partial charge in [-0.3, -0.25) is 4.79 Å². The van der Waals surface area contributed by atoms with Crippen LogP contribution in [0.25, 0.3) is 0 Å². The van der Waals surface area contributed by atoms with Crippen molar-refractivity contribution in [1.82, 2.24) is 0 Å². The van der Waals surface area contributed by atoms with Crippen LogP contribution in [-0.2, 0) is 4.79 Å². The minimum atomic E-state index is -1.17. The van der Waals surface area contributed by atoms with E-state index < -0.39 is 35.0 Å². The second-order valence-corrected chi connectivity index (χ2v) is 4.63. The molecule has 3 N–H and O–H groups in total. The first-order valence-electron chi connectivity index (χ1n) is 6.19. The first-order valence-corrected chi connectivity index (χ1v) is 6.19. The molecule has 0 radical (unpaired) electrons. The molecular formula is C15H13F3N2O. The average Bonchev–Trinajstić information content (AvgIpc) is 2.41. The molecule has 0 aromatic heterocycles. The molecular weight excluding hydrogens is 281 g/mol. The summed E-state index contributed by atoms with van der Waals surface area (Å²) < 4.78 is 39.8. The quantitative estimate of drug-likeness (QED) is 0.852. The highest BCUT2D eigenvalue weighted by Crippen LogP contribution is 2.24. The van der Waals surface area contributed by atoms with Gasteiger partial charge in [0.05, 0.1) is 5.92 Å². The summed E-state index contributed by atoms with van der Waals surface area (Å²) in [5, 5.41) is 2.13. The molecule has 2 rings (SSSR count). The molecule has 21 heavy (non-hydrogen) atoms. The van der Waals surface area contributed by atoms with Gasteiger partial charge in [0.2, 0.25) is 5.91 Å². The van der Waals surface area contributed by atoms with Crippen LogP contribution in [0, 0.1) is 17.5 Å². The number of halogens is 3. The van der Waals surface area contributed by atoms with Crippen molar-refractivity contribution in [2.45, 2.75) is 12.8 Å². The van der Waals surface area contributed by atoms with Crippen LogP contribution >= 0.6 is 0 Å². The standard InChI is InChI=1S/C15H13F3N2O/c1-8(9-3-2-4-11(19)5-9)15(21)20-14-12(17)6-10(16)7-13(14)18/h2-8H,19H2,1H3,(H,20,21). The number of nitrogens with two attached hydrogens (primary N) is 1. The molecule has 110 valence electrons. The lowest BCUT2D eigenvalue weighted by atomic mass is 9.99. The molecule has 0 fully saturated rings. The van der Waals surface area contributed by atoms with Crippen molar-refractivity contribution < 1.29 is 18.0 Å². The van der Waals surface area contributed by atoms with E-state index in [0.29, 0.717) is 23.4 Å². The van der Waals surface area contributed by atoms with Crippen LogP contribution in [0.1, 0.15) is 18.4 Å². The maximum atomic E-state index is 13.5. The van der Waals surface area contributed by atoms with Crippen molar-refractivity contribution in [3.8, 4) is 0 Å². The largest absolute Gasteiger partial charge is 0.399 e. The lowest BCUT2D eigenvalue weighted by Gasteiger charge is -2.14. The van der Waals surface area contributed by atoms with Crippen LogP contribution in [-0.4, -0.2) is 5.91 Å². The third-order valence-electron chi connectivity index (χ3n) is 3.06. The van der Waals surface area contributed by atoms with Gasteiger partial charge in [-0.25, -0.2) is 13.2 Å². The first kappa shape index (κ1) is 14.9. The number of hydrogen-bond donors (Lipinski definition) is 2. The maximum absolute atomic E-state index is 13.5. The summed E-state index contributed by atoms with van der Waals surface area (Å²) in [6, 6.07) is 7.62. The van der Waals surface area contributed by atoms with Crippen LogP contribution in [0.5, 0.6) is 0 Å². The van der Waals surface area contributed by atoms with Gasteiger partial charge in [-0.2, -0.15) is 0 Å². The summed E-state index contributed by atoms with van der Waals surface area (Å²) in [6.07, 6.45) is 0. The highest BCUT2D eigenvalue weighted by Gasteiger charge is 2.19. The Morgan fingerprint density at radius 2 is 1.76 bits per heavy atom. The Hall–Kier alpha value is -2.50. The molecule has 1 unspecified atom stereocenters. The lowest BCUT2D eigenvalue weighted by Crippen LogP contribution is -2.20. The van der Waals surface area contributed by atoms with Gasteiger partial charge in [0.15, 0.2) is 11.6 Å². The van der Waals surface area contributed by atoms with E-state index in [4.69, 9.17) is 5.73 Å². The summed E-state index contributed by atoms with van der Waals surface area (Å²) in [5.41, 5.74) is 6.04. The number of carbonyl (C=O) groups is 1. The third-order valence-corrected chi connectivity index (χ3v) is 3.06. The highest BCUT2D eigenvalue weighted by atomic mass is 19.1. The molecule has 0 saturated heterocycles. The molecule has 3 nitrogen and oxygen atoms in total. The fourth-order valence-electron chi connectivity index (χ4n) is 1.87. The number of hydrogen-bond acceptors (Lipinski definition) is 2. The molecule has 0 aliphatic heterocycles. The normalized spacial score (nSPS) is 12.0. The summed E-state index contributed by atoms with van der Waals surface area (Å²) in [5.74, 6) is -4.67. The van der Waals surface area contributed by atoms with E-state index in [1.807, 2.05) is 0 Å². The molecule has 0 aliphatic carbocycles. The Bertz CT molecular complexity index is 665. The van der Waals surface area contributed by atoms with Crippen LogP contribution in [0.4, 0.5) is 24.5 Å². The minimum Gasteiger partial charge on any atom is -0.399 e. The van der Waals surface area contributed by atoms with Crippen molar-refractivity contribution in [1.29, 1.82) is 0 Å². The number of nitrogens with one attached hydrogen (secondary N) is 1. The van der Waals surface area contributed by atoms with E-state index in [1.54, 1.807) is 31.2 Å². The van der Waals surface area contributed by atoms with Crippen molar-refractivity contribution in [3.63, 3.8) is 0 Å². The van der Waals surface area contributed by atoms with Gasteiger partial charge in [-0.05, 0) is 24.6 Å². The van der Waals surface area contributed by atoms with E-state index >= 15 is 0 Å². The summed E-state index contributed by atoms with van der Waals surface area (Å²) in [7, 11) is 0. The number of anilines is 2. The van der Waals surface area contributed by atoms with Gasteiger partial charge in [0, 0.05) is 17.8 Å². The van der Waals surface area contributed by atoms with E-state index in [0.717, 1.165) is 0 Å². The number of rotatable bonds is 3. The Morgan fingerprint density at radius 3 is 2.33 bits per heavy atom. The Balaban J connectivity index is 2.22. The maximum Gasteiger partial charge on any atom is 0.231 e. The molecule has 1 amide bonds. The second-order valence-electron chi connectivity index (χ2n) is 4.63. The average molecular weight is 294 g/mol. The Morgan fingerprint density at radius 1 is 1.14 bits per heavy atom. The van der Waals surface area contributed by atoms with E-state index in [2.05, 4.69) is 5.32 Å². The summed E-state index contributed by atoms with van der Waals surface area (Å²) >= 11 is 0. The first-order chi connectivity index (χ1) is 9.88. The fourth-order valence-corrected chi connectivity index (χ4v) is 1.87. The SMILES string of the molecule is CC(C(=O)Nc1c(F)cc(F)cc1F)c1cccc(N)c1. The Labute approximate surface area is 119 Å². The predicted molar refractivity (Wildman–Crippen MR) is 74.2 cm³/mol. The molecule has 2 aromatic rings. The highest BCUT2D eigenvalue weighted by molar-refractivity contribution is 5.95. The Kier molecular flexibility index (Phi) is 4.16. The third kappa shape index (κ3) is 3.34. The van der Waals surface area contributed by atoms with Crippen LogP contribution in [0.2, 0.25) is 0 Å². The summed E-state index contributed by atoms with van der Waals surface area (Å²) in [4.78, 5) is 12.0. The van der Waals surface area contributed by atoms with E-state index in [-0.39, 0.29) is 0 Å². The van der Waals surface area contributed by atoms with Gasteiger partial charge in [-0.15, -0.1) is 0 Å². The lowest BCUT2D eigenvalue weighted by molar-refractivity contribution is -0.117. The van der Waals surface area contributed by atoms with Gasteiger partial charge >= 0.3 is 0 Å². The molecule has 2 aromatic carbocycles. The van der Waals surface area contributed by atoms with Crippen LogP contribution < -0.4 is 11.1 Å². The zero-order chi connectivity index (χ0) is 15.6. The van der Waals surface area contributed by atoms with Crippen LogP contribution in [0.15, 0.2) is 36.4 Å². The number of amides is 1. The summed E-state index contributed by atoms with van der Waals surface area (Å²) in [6.45, 7) is 1.57. The fraction of sp³-hybridized carbons (Fsp3) is 0.133. The minimum absolute atomic E-state index is 0.478. The van der Waals surface area contributed by atoms with E-state index in [9.17, 15) is 18.0 Å². The van der Waals surface area contributed by atoms with Gasteiger partial charge in [0.25, 0.3) is 0 Å². The second kappa shape index (κ2) is 5.87. The molecule has 0 bridgehead atoms. The molecule has 0 spiro atoms. The molecule has 0 aliphatic rings. The number of benzene rings is 2. The number of carbonyl (C=O) groups excluding carboxylic acids is 1. The topological polar surface area (TPSA) is 55.1 Å². The smallest absolute Gasteiger partial charge is 0.231 e. The van der Waals surface area contributed by atoms with Crippen molar-refractivity contribution >= 4 is 17.3 Å². The van der Waals surface area contributed by atoms with Gasteiger partial charge < -0.3 is 11.1 Å². The van der Waals surface area contributed by atoms with Crippen molar-refractivity contribution in [2.75, 3.05) is 11.1 Å². The zero-order valence-electron chi connectivity index (χ0n) is 11.2. The number of nitrogen functional groups attached to an aromatic ring is 1. The predicted octanol–water partition coefficient (Wildman–Crippen LogP) is 3.43. The van der Waals surface area contributed by atoms with Crippen molar-refractivity contribution in [2.24, 2.45) is 0 Å². The van der Waals surface area contributed by atoms with Gasteiger partial charge in [-0.1, -0.05) is 12.1 Å². The molecule has 6 heteroatoms. The molecule has 0 heterocycles. The van der Waals surface area contributed by atoms with Crippen LogP contribution in [0.3, 0.4) is 0 Å². The molecule has 1 atom stereocenters.